The molecule has 1 atom stereocenters. The maximum Gasteiger partial charge on any atom is 0.0981 e. The van der Waals surface area contributed by atoms with Crippen molar-refractivity contribution in [2.24, 2.45) is 0 Å². The average Bonchev–Trinajstić information content (AvgIpc) is 2.67. The van der Waals surface area contributed by atoms with Crippen LogP contribution in [0.2, 0.25) is 0 Å². The maximum absolute atomic E-state index is 8.92. The first-order chi connectivity index (χ1) is 6.90. The summed E-state index contributed by atoms with van der Waals surface area (Å²) in [5.74, 6) is 0. The highest BCUT2D eigenvalue weighted by atomic mass is 15.2. The standard InChI is InChI=1S/C12H14N2/c13-9-12-7-4-8-14(12)10-11-5-2-1-3-6-11/h1-3,5-6,12H,4,7-8,10H2/t12-/m1/s1. The van der Waals surface area contributed by atoms with Gasteiger partial charge in [-0.1, -0.05) is 30.3 Å². The van der Waals surface area contributed by atoms with Crippen LogP contribution in [0, 0.1) is 11.3 Å². The third-order valence-electron chi connectivity index (χ3n) is 2.74. The van der Waals surface area contributed by atoms with Crippen molar-refractivity contribution in [3.8, 4) is 6.07 Å². The predicted molar refractivity (Wildman–Crippen MR) is 55.5 cm³/mol. The molecule has 1 aliphatic heterocycles. The largest absolute Gasteiger partial charge is 0.284 e. The number of nitrogens with zero attached hydrogens (tertiary/aromatic N) is 2. The van der Waals surface area contributed by atoms with Crippen LogP contribution in [0.25, 0.3) is 0 Å². The summed E-state index contributed by atoms with van der Waals surface area (Å²) in [6, 6.07) is 12.9. The van der Waals surface area contributed by atoms with Gasteiger partial charge in [0.15, 0.2) is 0 Å². The van der Waals surface area contributed by atoms with Gasteiger partial charge in [0.25, 0.3) is 0 Å². The van der Waals surface area contributed by atoms with Gasteiger partial charge in [-0.15, -0.1) is 0 Å². The van der Waals surface area contributed by atoms with Gasteiger partial charge in [-0.25, -0.2) is 0 Å². The quantitative estimate of drug-likeness (QED) is 0.707. The molecule has 72 valence electrons. The molecule has 0 radical (unpaired) electrons. The molecule has 0 amide bonds. The minimum absolute atomic E-state index is 0.134. The Bertz CT molecular complexity index is 326. The first kappa shape index (κ1) is 9.23. The smallest absolute Gasteiger partial charge is 0.0981 e. The SMILES string of the molecule is N#C[C@H]1CCCN1Cc1ccccc1. The molecule has 0 aromatic heterocycles. The number of hydrogen-bond donors (Lipinski definition) is 0. The Labute approximate surface area is 84.8 Å². The van der Waals surface area contributed by atoms with E-state index in [1.165, 1.54) is 5.56 Å². The van der Waals surface area contributed by atoms with Crippen LogP contribution in [0.1, 0.15) is 18.4 Å². The lowest BCUT2D eigenvalue weighted by molar-refractivity contribution is 0.286. The van der Waals surface area contributed by atoms with Crippen LogP contribution in [-0.2, 0) is 6.54 Å². The van der Waals surface area contributed by atoms with E-state index in [9.17, 15) is 0 Å². The Morgan fingerprint density at radius 3 is 2.86 bits per heavy atom. The zero-order valence-electron chi connectivity index (χ0n) is 8.19. The molecule has 1 fully saturated rings. The zero-order valence-corrected chi connectivity index (χ0v) is 8.19. The molecule has 1 saturated heterocycles. The van der Waals surface area contributed by atoms with Gasteiger partial charge in [-0.3, -0.25) is 4.90 Å². The molecule has 1 aliphatic rings. The van der Waals surface area contributed by atoms with Gasteiger partial charge in [-0.05, 0) is 24.9 Å². The summed E-state index contributed by atoms with van der Waals surface area (Å²) >= 11 is 0. The van der Waals surface area contributed by atoms with E-state index in [-0.39, 0.29) is 6.04 Å². The number of benzene rings is 1. The monoisotopic (exact) mass is 186 g/mol. The molecule has 0 unspecified atom stereocenters. The Kier molecular flexibility index (Phi) is 2.81. The van der Waals surface area contributed by atoms with E-state index in [4.69, 9.17) is 5.26 Å². The summed E-state index contributed by atoms with van der Waals surface area (Å²) in [5, 5.41) is 8.92. The molecule has 1 aromatic carbocycles. The fourth-order valence-electron chi connectivity index (χ4n) is 1.98. The third kappa shape index (κ3) is 1.94. The van der Waals surface area contributed by atoms with Gasteiger partial charge in [0, 0.05) is 6.54 Å². The molecule has 14 heavy (non-hydrogen) atoms. The predicted octanol–water partition coefficient (Wildman–Crippen LogP) is 2.17. The van der Waals surface area contributed by atoms with Gasteiger partial charge < -0.3 is 0 Å². The summed E-state index contributed by atoms with van der Waals surface area (Å²) in [6.07, 6.45) is 2.19. The molecule has 0 aliphatic carbocycles. The molecule has 2 rings (SSSR count). The topological polar surface area (TPSA) is 27.0 Å². The molecule has 1 aromatic rings. The average molecular weight is 186 g/mol. The molecular formula is C12H14N2. The molecule has 2 nitrogen and oxygen atoms in total. The van der Waals surface area contributed by atoms with E-state index in [0.717, 1.165) is 25.9 Å². The van der Waals surface area contributed by atoms with E-state index < -0.39 is 0 Å². The van der Waals surface area contributed by atoms with Gasteiger partial charge in [0.2, 0.25) is 0 Å². The highest BCUT2D eigenvalue weighted by Gasteiger charge is 2.23. The second-order valence-electron chi connectivity index (χ2n) is 3.74. The van der Waals surface area contributed by atoms with Crippen LogP contribution in [0.4, 0.5) is 0 Å². The Morgan fingerprint density at radius 2 is 2.14 bits per heavy atom. The van der Waals surface area contributed by atoms with Crippen LogP contribution >= 0.6 is 0 Å². The Balaban J connectivity index is 2.01. The third-order valence-corrected chi connectivity index (χ3v) is 2.74. The van der Waals surface area contributed by atoms with E-state index in [1.54, 1.807) is 0 Å². The van der Waals surface area contributed by atoms with Gasteiger partial charge >= 0.3 is 0 Å². The van der Waals surface area contributed by atoms with E-state index in [2.05, 4.69) is 23.1 Å². The number of likely N-dealkylation sites (tertiary alicyclic amines) is 1. The molecule has 0 spiro atoms. The Morgan fingerprint density at radius 1 is 1.36 bits per heavy atom. The lowest BCUT2D eigenvalue weighted by Gasteiger charge is -2.18. The lowest BCUT2D eigenvalue weighted by atomic mass is 10.2. The Hall–Kier alpha value is -1.33. The lowest BCUT2D eigenvalue weighted by Crippen LogP contribution is -2.27. The number of hydrogen-bond acceptors (Lipinski definition) is 2. The molecule has 2 heteroatoms. The summed E-state index contributed by atoms with van der Waals surface area (Å²) in [7, 11) is 0. The molecule has 0 saturated carbocycles. The van der Waals surface area contributed by atoms with E-state index >= 15 is 0 Å². The van der Waals surface area contributed by atoms with Crippen LogP contribution < -0.4 is 0 Å². The van der Waals surface area contributed by atoms with Gasteiger partial charge in [-0.2, -0.15) is 5.26 Å². The van der Waals surface area contributed by atoms with Gasteiger partial charge in [0.1, 0.15) is 0 Å². The first-order valence-electron chi connectivity index (χ1n) is 5.08. The summed E-state index contributed by atoms with van der Waals surface area (Å²) < 4.78 is 0. The van der Waals surface area contributed by atoms with E-state index in [0.29, 0.717) is 0 Å². The van der Waals surface area contributed by atoms with Crippen LogP contribution in [-0.4, -0.2) is 17.5 Å². The summed E-state index contributed by atoms with van der Waals surface area (Å²) in [4.78, 5) is 2.26. The number of rotatable bonds is 2. The van der Waals surface area contributed by atoms with Crippen LogP contribution in [0.3, 0.4) is 0 Å². The second kappa shape index (κ2) is 4.26. The van der Waals surface area contributed by atoms with Crippen molar-refractivity contribution in [1.29, 1.82) is 5.26 Å². The highest BCUT2D eigenvalue weighted by Crippen LogP contribution is 2.18. The van der Waals surface area contributed by atoms with Crippen molar-refractivity contribution in [3.05, 3.63) is 35.9 Å². The minimum Gasteiger partial charge on any atom is -0.284 e. The maximum atomic E-state index is 8.92. The van der Waals surface area contributed by atoms with Crippen molar-refractivity contribution in [2.75, 3.05) is 6.54 Å². The number of nitriles is 1. The zero-order chi connectivity index (χ0) is 9.80. The molecular weight excluding hydrogens is 172 g/mol. The summed E-state index contributed by atoms with van der Waals surface area (Å²) in [6.45, 7) is 1.98. The van der Waals surface area contributed by atoms with Crippen LogP contribution in [0.15, 0.2) is 30.3 Å². The normalized spacial score (nSPS) is 22.1. The van der Waals surface area contributed by atoms with E-state index in [1.807, 2.05) is 18.2 Å². The first-order valence-corrected chi connectivity index (χ1v) is 5.08. The van der Waals surface area contributed by atoms with Crippen molar-refractivity contribution in [2.45, 2.75) is 25.4 Å². The fourth-order valence-corrected chi connectivity index (χ4v) is 1.98. The van der Waals surface area contributed by atoms with Crippen molar-refractivity contribution >= 4 is 0 Å². The fraction of sp³-hybridized carbons (Fsp3) is 0.417. The van der Waals surface area contributed by atoms with Crippen molar-refractivity contribution < 1.29 is 0 Å². The minimum atomic E-state index is 0.134. The van der Waals surface area contributed by atoms with Crippen LogP contribution in [0.5, 0.6) is 0 Å². The summed E-state index contributed by atoms with van der Waals surface area (Å²) in [5.41, 5.74) is 1.30. The van der Waals surface area contributed by atoms with Gasteiger partial charge in [0.05, 0.1) is 12.1 Å². The highest BCUT2D eigenvalue weighted by molar-refractivity contribution is 5.15. The molecule has 1 heterocycles. The molecule has 0 bridgehead atoms. The second-order valence-corrected chi connectivity index (χ2v) is 3.74. The van der Waals surface area contributed by atoms with Crippen molar-refractivity contribution in [1.82, 2.24) is 4.90 Å². The van der Waals surface area contributed by atoms with Crippen molar-refractivity contribution in [3.63, 3.8) is 0 Å². The molecule has 0 N–H and O–H groups in total.